The van der Waals surface area contributed by atoms with Gasteiger partial charge in [0, 0.05) is 51.8 Å². The molecule has 2 aromatic rings. The predicted octanol–water partition coefficient (Wildman–Crippen LogP) is 3.99. The molecule has 1 heterocycles. The van der Waals surface area contributed by atoms with Crippen molar-refractivity contribution in [1.82, 2.24) is 9.80 Å². The molecule has 5 atom stereocenters. The normalized spacial score (nSPS) is 25.4. The number of aliphatic hydroxyl groups excluding tert-OH is 2. The van der Waals surface area contributed by atoms with Crippen LogP contribution in [0.1, 0.15) is 61.1 Å². The third-order valence-corrected chi connectivity index (χ3v) is 7.93. The summed E-state index contributed by atoms with van der Waals surface area (Å²) in [5, 5.41) is 21.4. The van der Waals surface area contributed by atoms with Gasteiger partial charge in [0.15, 0.2) is 0 Å². The van der Waals surface area contributed by atoms with Gasteiger partial charge < -0.3 is 29.5 Å². The Balaban J connectivity index is 2.15. The molecule has 226 valence electrons. The van der Waals surface area contributed by atoms with E-state index in [1.165, 1.54) is 26.2 Å². The third-order valence-electron chi connectivity index (χ3n) is 7.93. The second-order valence-electron chi connectivity index (χ2n) is 11.3. The summed E-state index contributed by atoms with van der Waals surface area (Å²) in [5.41, 5.74) is 2.21. The Hall–Kier alpha value is -2.85. The van der Waals surface area contributed by atoms with Gasteiger partial charge in [0.25, 0.3) is 5.91 Å². The van der Waals surface area contributed by atoms with Crippen molar-refractivity contribution < 1.29 is 33.7 Å². The van der Waals surface area contributed by atoms with Crippen LogP contribution in [0.5, 0.6) is 0 Å². The van der Waals surface area contributed by atoms with Crippen molar-refractivity contribution in [3.8, 4) is 0 Å². The number of methoxy groups -OCH3 is 1. The highest BCUT2D eigenvalue weighted by atomic mass is 19.1. The monoisotopic (exact) mass is 572 g/mol. The summed E-state index contributed by atoms with van der Waals surface area (Å²) in [5.74, 6) is -1.14. The molecule has 1 aliphatic heterocycles. The molecular formula is C32H45FN2O6. The number of carbonyl (C=O) groups is 2. The lowest BCUT2D eigenvalue weighted by atomic mass is 9.82. The van der Waals surface area contributed by atoms with E-state index in [0.29, 0.717) is 37.1 Å². The highest BCUT2D eigenvalue weighted by molar-refractivity contribution is 5.94. The summed E-state index contributed by atoms with van der Waals surface area (Å²) in [6, 6.07) is 13.1. The first-order chi connectivity index (χ1) is 19.5. The van der Waals surface area contributed by atoms with E-state index in [2.05, 4.69) is 0 Å². The van der Waals surface area contributed by atoms with Gasteiger partial charge in [-0.2, -0.15) is 0 Å². The van der Waals surface area contributed by atoms with E-state index >= 15 is 0 Å². The Bertz CT molecular complexity index is 1130. The maximum absolute atomic E-state index is 14.7. The van der Waals surface area contributed by atoms with E-state index in [-0.39, 0.29) is 43.3 Å². The highest BCUT2D eigenvalue weighted by Gasteiger charge is 2.37. The Morgan fingerprint density at radius 3 is 2.39 bits per heavy atom. The first-order valence-corrected chi connectivity index (χ1v) is 14.4. The fourth-order valence-electron chi connectivity index (χ4n) is 5.42. The van der Waals surface area contributed by atoms with Crippen molar-refractivity contribution >= 4 is 11.8 Å². The molecule has 1 fully saturated rings. The van der Waals surface area contributed by atoms with Crippen molar-refractivity contribution in [3.05, 3.63) is 71.0 Å². The molecule has 2 amide bonds. The number of hydrogen-bond acceptors (Lipinski definition) is 6. The summed E-state index contributed by atoms with van der Waals surface area (Å²) in [6.45, 7) is 8.32. The molecule has 0 radical (unpaired) electrons. The molecule has 2 aromatic carbocycles. The second-order valence-corrected chi connectivity index (χ2v) is 11.3. The van der Waals surface area contributed by atoms with Crippen LogP contribution in [-0.2, 0) is 14.3 Å². The van der Waals surface area contributed by atoms with Gasteiger partial charge in [0.2, 0.25) is 5.91 Å². The molecule has 2 N–H and O–H groups in total. The van der Waals surface area contributed by atoms with Gasteiger partial charge in [-0.25, -0.2) is 4.39 Å². The number of halogens is 1. The molecule has 0 saturated carbocycles. The summed E-state index contributed by atoms with van der Waals surface area (Å²) in [6.07, 6.45) is -2.13. The lowest BCUT2D eigenvalue weighted by Crippen LogP contribution is -2.51. The standard InChI is InChI=1S/C32H45FN2O6/c1-21(2)27-18-34(23(4)36)19-29(40-5)31(38)28(37)20-41-16-7-6-15-35(30(27)25-9-8-10-26(33)17-25)32(39)24-13-11-22(3)12-14-24/h8-14,17,21,27-31,37-38H,6-7,15-16,18-20H2,1-5H3/t27-,28-,29-,30-,31-/m1/s1. The Kier molecular flexibility index (Phi) is 12.3. The quantitative estimate of drug-likeness (QED) is 0.575. The van der Waals surface area contributed by atoms with Crippen LogP contribution in [0.2, 0.25) is 0 Å². The van der Waals surface area contributed by atoms with Crippen LogP contribution < -0.4 is 0 Å². The van der Waals surface area contributed by atoms with Crippen LogP contribution in [0.4, 0.5) is 4.39 Å². The highest BCUT2D eigenvalue weighted by Crippen LogP contribution is 2.36. The number of rotatable bonds is 4. The number of carbonyl (C=O) groups excluding carboxylic acids is 2. The van der Waals surface area contributed by atoms with E-state index in [4.69, 9.17) is 9.47 Å². The van der Waals surface area contributed by atoms with Crippen molar-refractivity contribution in [2.24, 2.45) is 11.8 Å². The molecule has 8 nitrogen and oxygen atoms in total. The smallest absolute Gasteiger partial charge is 0.254 e. The van der Waals surface area contributed by atoms with Crippen LogP contribution in [-0.4, -0.2) is 90.1 Å². The molecule has 0 aromatic heterocycles. The minimum atomic E-state index is -1.27. The Morgan fingerprint density at radius 2 is 1.78 bits per heavy atom. The lowest BCUT2D eigenvalue weighted by molar-refractivity contribution is -0.138. The van der Waals surface area contributed by atoms with E-state index < -0.39 is 30.2 Å². The zero-order chi connectivity index (χ0) is 30.1. The van der Waals surface area contributed by atoms with E-state index in [9.17, 15) is 24.2 Å². The van der Waals surface area contributed by atoms with Crippen molar-refractivity contribution in [2.75, 3.05) is 40.0 Å². The van der Waals surface area contributed by atoms with Crippen molar-refractivity contribution in [3.63, 3.8) is 0 Å². The van der Waals surface area contributed by atoms with Crippen LogP contribution in [0, 0.1) is 24.6 Å². The van der Waals surface area contributed by atoms with Crippen LogP contribution >= 0.6 is 0 Å². The molecule has 1 aliphatic rings. The Labute approximate surface area is 243 Å². The second kappa shape index (κ2) is 15.4. The zero-order valence-corrected chi connectivity index (χ0v) is 24.8. The lowest BCUT2D eigenvalue weighted by Gasteiger charge is -2.42. The summed E-state index contributed by atoms with van der Waals surface area (Å²) in [4.78, 5) is 30.5. The molecule has 0 spiro atoms. The summed E-state index contributed by atoms with van der Waals surface area (Å²) in [7, 11) is 1.42. The van der Waals surface area contributed by atoms with Gasteiger partial charge in [-0.05, 0) is 55.5 Å². The number of benzene rings is 2. The van der Waals surface area contributed by atoms with E-state index in [1.807, 2.05) is 39.0 Å². The van der Waals surface area contributed by atoms with Gasteiger partial charge in [-0.3, -0.25) is 9.59 Å². The molecule has 41 heavy (non-hydrogen) atoms. The number of aryl methyl sites for hydroxylation is 1. The van der Waals surface area contributed by atoms with Gasteiger partial charge >= 0.3 is 0 Å². The molecule has 0 aliphatic carbocycles. The minimum absolute atomic E-state index is 0.0195. The van der Waals surface area contributed by atoms with Gasteiger partial charge in [0.1, 0.15) is 24.1 Å². The average Bonchev–Trinajstić information content (AvgIpc) is 2.94. The molecule has 0 unspecified atom stereocenters. The predicted molar refractivity (Wildman–Crippen MR) is 155 cm³/mol. The maximum atomic E-state index is 14.7. The van der Waals surface area contributed by atoms with Gasteiger partial charge in [-0.1, -0.05) is 43.7 Å². The van der Waals surface area contributed by atoms with Crippen molar-refractivity contribution in [1.29, 1.82) is 0 Å². The number of aliphatic hydroxyl groups is 2. The average molecular weight is 573 g/mol. The molecule has 0 bridgehead atoms. The SMILES string of the molecule is CO[C@@H]1CN(C(C)=O)C[C@H](C(C)C)[C@@H](c2cccc(F)c2)N(C(=O)c2ccc(C)cc2)CCCCOC[C@@H](O)[C@H]1O. The molecule has 3 rings (SSSR count). The van der Waals surface area contributed by atoms with Gasteiger partial charge in [0.05, 0.1) is 12.6 Å². The van der Waals surface area contributed by atoms with Gasteiger partial charge in [-0.15, -0.1) is 0 Å². The van der Waals surface area contributed by atoms with E-state index in [1.54, 1.807) is 28.0 Å². The van der Waals surface area contributed by atoms with E-state index in [0.717, 1.165) is 5.56 Å². The zero-order valence-electron chi connectivity index (χ0n) is 24.8. The first-order valence-electron chi connectivity index (χ1n) is 14.4. The largest absolute Gasteiger partial charge is 0.388 e. The number of hydrogen-bond donors (Lipinski definition) is 2. The fraction of sp³-hybridized carbons (Fsp3) is 0.562. The Morgan fingerprint density at radius 1 is 1.07 bits per heavy atom. The first kappa shape index (κ1) is 32.7. The topological polar surface area (TPSA) is 99.5 Å². The van der Waals surface area contributed by atoms with Crippen LogP contribution in [0.25, 0.3) is 0 Å². The summed E-state index contributed by atoms with van der Waals surface area (Å²) >= 11 is 0. The molecule has 1 saturated heterocycles. The van der Waals surface area contributed by atoms with Crippen molar-refractivity contribution in [2.45, 2.75) is 64.9 Å². The molecular weight excluding hydrogens is 527 g/mol. The van der Waals surface area contributed by atoms with Crippen LogP contribution in [0.15, 0.2) is 48.5 Å². The fourth-order valence-corrected chi connectivity index (χ4v) is 5.42. The summed E-state index contributed by atoms with van der Waals surface area (Å²) < 4.78 is 25.8. The van der Waals surface area contributed by atoms with Crippen LogP contribution in [0.3, 0.4) is 0 Å². The maximum Gasteiger partial charge on any atom is 0.254 e. The third kappa shape index (κ3) is 8.82. The number of ether oxygens (including phenoxy) is 2. The number of nitrogens with zero attached hydrogens (tertiary/aromatic N) is 2. The molecule has 9 heteroatoms. The number of amides is 2. The minimum Gasteiger partial charge on any atom is -0.388 e.